The first-order valence-corrected chi connectivity index (χ1v) is 7.70. The highest BCUT2D eigenvalue weighted by atomic mass is 16.6. The second kappa shape index (κ2) is 5.12. The lowest BCUT2D eigenvalue weighted by molar-refractivity contribution is -0.384. The van der Waals surface area contributed by atoms with E-state index in [4.69, 9.17) is 0 Å². The summed E-state index contributed by atoms with van der Waals surface area (Å²) in [6, 6.07) is 15.4. The maximum Gasteiger partial charge on any atom is 0.271 e. The van der Waals surface area contributed by atoms with Crippen LogP contribution < -0.4 is 4.90 Å². The summed E-state index contributed by atoms with van der Waals surface area (Å²) in [5.41, 5.74) is 5.01. The molecule has 116 valence electrons. The molecular formula is C18H17N3O2. The van der Waals surface area contributed by atoms with Gasteiger partial charge in [0.15, 0.2) is 0 Å². The zero-order valence-electron chi connectivity index (χ0n) is 12.9. The number of aryl methyl sites for hydroxylation is 1. The number of non-ortho nitro benzene ring substituents is 1. The van der Waals surface area contributed by atoms with Gasteiger partial charge in [-0.25, -0.2) is 0 Å². The quantitative estimate of drug-likeness (QED) is 0.536. The first-order valence-electron chi connectivity index (χ1n) is 7.70. The van der Waals surface area contributed by atoms with E-state index in [1.165, 1.54) is 28.2 Å². The Morgan fingerprint density at radius 3 is 2.78 bits per heavy atom. The molecule has 3 aromatic rings. The molecule has 5 heteroatoms. The lowest BCUT2D eigenvalue weighted by Gasteiger charge is -2.29. The minimum atomic E-state index is -0.338. The predicted molar refractivity (Wildman–Crippen MR) is 90.8 cm³/mol. The summed E-state index contributed by atoms with van der Waals surface area (Å²) < 4.78 is 2.24. The third-order valence-electron chi connectivity index (χ3n) is 4.72. The molecule has 0 unspecified atom stereocenters. The molecule has 2 heterocycles. The molecule has 0 spiro atoms. The van der Waals surface area contributed by atoms with Crippen LogP contribution in [0.2, 0.25) is 0 Å². The van der Waals surface area contributed by atoms with Gasteiger partial charge in [-0.1, -0.05) is 24.3 Å². The van der Waals surface area contributed by atoms with Crippen molar-refractivity contribution in [1.29, 1.82) is 0 Å². The minimum Gasteiger partial charge on any atom is -0.365 e. The fraction of sp³-hybridized carbons (Fsp3) is 0.222. The lowest BCUT2D eigenvalue weighted by atomic mass is 10.0. The van der Waals surface area contributed by atoms with Crippen molar-refractivity contribution in [3.8, 4) is 0 Å². The van der Waals surface area contributed by atoms with Gasteiger partial charge in [-0.15, -0.1) is 0 Å². The van der Waals surface area contributed by atoms with Gasteiger partial charge in [-0.2, -0.15) is 0 Å². The third-order valence-corrected chi connectivity index (χ3v) is 4.72. The van der Waals surface area contributed by atoms with Crippen LogP contribution in [0.1, 0.15) is 11.3 Å². The predicted octanol–water partition coefficient (Wildman–Crippen LogP) is 3.65. The van der Waals surface area contributed by atoms with E-state index < -0.39 is 0 Å². The molecule has 0 saturated carbocycles. The minimum absolute atomic E-state index is 0.144. The van der Waals surface area contributed by atoms with Crippen molar-refractivity contribution in [2.24, 2.45) is 7.05 Å². The number of hydrogen-bond donors (Lipinski definition) is 0. The van der Waals surface area contributed by atoms with Crippen molar-refractivity contribution in [1.82, 2.24) is 4.57 Å². The summed E-state index contributed by atoms with van der Waals surface area (Å²) in [7, 11) is 2.10. The van der Waals surface area contributed by atoms with Crippen molar-refractivity contribution in [2.75, 3.05) is 11.4 Å². The van der Waals surface area contributed by atoms with Crippen LogP contribution >= 0.6 is 0 Å². The van der Waals surface area contributed by atoms with E-state index in [1.807, 2.05) is 6.07 Å². The Balaban J connectivity index is 1.74. The Labute approximate surface area is 133 Å². The van der Waals surface area contributed by atoms with Gasteiger partial charge >= 0.3 is 0 Å². The van der Waals surface area contributed by atoms with Gasteiger partial charge in [0.25, 0.3) is 5.69 Å². The molecule has 5 nitrogen and oxygen atoms in total. The SMILES string of the molecule is Cn1c2c(c3ccccc31)CCN(c1cccc([N+](=O)[O-])c1)C2. The van der Waals surface area contributed by atoms with Gasteiger partial charge in [0.1, 0.15) is 0 Å². The summed E-state index contributed by atoms with van der Waals surface area (Å²) in [6.45, 7) is 1.66. The zero-order valence-corrected chi connectivity index (χ0v) is 12.9. The summed E-state index contributed by atoms with van der Waals surface area (Å²) in [4.78, 5) is 12.9. The van der Waals surface area contributed by atoms with Gasteiger partial charge in [0.2, 0.25) is 0 Å². The molecule has 4 rings (SSSR count). The summed E-state index contributed by atoms with van der Waals surface area (Å²) in [6.07, 6.45) is 0.958. The van der Waals surface area contributed by atoms with Gasteiger partial charge in [0, 0.05) is 48.0 Å². The van der Waals surface area contributed by atoms with Gasteiger partial charge in [-0.05, 0) is 24.1 Å². The first-order chi connectivity index (χ1) is 11.1. The number of nitrogens with zero attached hydrogens (tertiary/aromatic N) is 3. The van der Waals surface area contributed by atoms with Crippen molar-refractivity contribution in [2.45, 2.75) is 13.0 Å². The zero-order chi connectivity index (χ0) is 16.0. The van der Waals surface area contributed by atoms with Gasteiger partial charge in [0.05, 0.1) is 11.5 Å². The number of rotatable bonds is 2. The van der Waals surface area contributed by atoms with Gasteiger partial charge in [-0.3, -0.25) is 10.1 Å². The molecule has 0 fully saturated rings. The number of hydrogen-bond acceptors (Lipinski definition) is 3. The molecule has 0 radical (unpaired) electrons. The average molecular weight is 307 g/mol. The molecule has 0 amide bonds. The van der Waals surface area contributed by atoms with E-state index in [0.717, 1.165) is 25.2 Å². The second-order valence-corrected chi connectivity index (χ2v) is 5.95. The van der Waals surface area contributed by atoms with Crippen molar-refractivity contribution >= 4 is 22.3 Å². The molecule has 0 atom stereocenters. The number of nitro benzene ring substituents is 1. The normalized spacial score (nSPS) is 14.0. The molecule has 0 N–H and O–H groups in total. The number of aromatic nitrogens is 1. The molecule has 0 bridgehead atoms. The van der Waals surface area contributed by atoms with E-state index in [-0.39, 0.29) is 10.6 Å². The molecular weight excluding hydrogens is 290 g/mol. The Kier molecular flexibility index (Phi) is 3.08. The van der Waals surface area contributed by atoms with E-state index in [0.29, 0.717) is 0 Å². The highest BCUT2D eigenvalue weighted by Crippen LogP contribution is 2.32. The van der Waals surface area contributed by atoms with Crippen LogP contribution in [-0.4, -0.2) is 16.0 Å². The smallest absolute Gasteiger partial charge is 0.271 e. The maximum atomic E-state index is 11.0. The van der Waals surface area contributed by atoms with Crippen molar-refractivity contribution in [3.05, 3.63) is 69.9 Å². The number of nitro groups is 1. The van der Waals surface area contributed by atoms with Crippen LogP contribution in [0.15, 0.2) is 48.5 Å². The molecule has 23 heavy (non-hydrogen) atoms. The monoisotopic (exact) mass is 307 g/mol. The van der Waals surface area contributed by atoms with Crippen LogP contribution in [-0.2, 0) is 20.0 Å². The Bertz CT molecular complexity index is 914. The largest absolute Gasteiger partial charge is 0.365 e. The topological polar surface area (TPSA) is 51.3 Å². The lowest BCUT2D eigenvalue weighted by Crippen LogP contribution is -2.31. The fourth-order valence-corrected chi connectivity index (χ4v) is 3.54. The second-order valence-electron chi connectivity index (χ2n) is 5.95. The maximum absolute atomic E-state index is 11.0. The molecule has 1 aliphatic heterocycles. The highest BCUT2D eigenvalue weighted by molar-refractivity contribution is 5.86. The molecule has 1 aromatic heterocycles. The number of anilines is 1. The molecule has 0 aliphatic carbocycles. The summed E-state index contributed by atoms with van der Waals surface area (Å²) in [5.74, 6) is 0. The fourth-order valence-electron chi connectivity index (χ4n) is 3.54. The third kappa shape index (κ3) is 2.16. The van der Waals surface area contributed by atoms with Crippen molar-refractivity contribution in [3.63, 3.8) is 0 Å². The van der Waals surface area contributed by atoms with Crippen LogP contribution in [0.5, 0.6) is 0 Å². The van der Waals surface area contributed by atoms with E-state index in [1.54, 1.807) is 12.1 Å². The first kappa shape index (κ1) is 13.8. The van der Waals surface area contributed by atoms with E-state index >= 15 is 0 Å². The molecule has 2 aromatic carbocycles. The number of fused-ring (bicyclic) bond motifs is 3. The highest BCUT2D eigenvalue weighted by Gasteiger charge is 2.23. The van der Waals surface area contributed by atoms with E-state index in [2.05, 4.69) is 40.8 Å². The van der Waals surface area contributed by atoms with Crippen LogP contribution in [0.3, 0.4) is 0 Å². The Morgan fingerprint density at radius 2 is 1.96 bits per heavy atom. The number of benzene rings is 2. The van der Waals surface area contributed by atoms with Crippen LogP contribution in [0, 0.1) is 10.1 Å². The van der Waals surface area contributed by atoms with Crippen LogP contribution in [0.4, 0.5) is 11.4 Å². The Hall–Kier alpha value is -2.82. The number of para-hydroxylation sites is 1. The van der Waals surface area contributed by atoms with Crippen molar-refractivity contribution < 1.29 is 4.92 Å². The average Bonchev–Trinajstić information content (AvgIpc) is 2.88. The van der Waals surface area contributed by atoms with E-state index in [9.17, 15) is 10.1 Å². The molecule has 0 saturated heterocycles. The molecule has 1 aliphatic rings. The van der Waals surface area contributed by atoms with Gasteiger partial charge < -0.3 is 9.47 Å². The standard InChI is InChI=1S/C18H17N3O2/c1-19-17-8-3-2-7-15(17)16-9-10-20(12-18(16)19)13-5-4-6-14(11-13)21(22)23/h2-8,11H,9-10,12H2,1H3. The Morgan fingerprint density at radius 1 is 1.13 bits per heavy atom. The summed E-state index contributed by atoms with van der Waals surface area (Å²) >= 11 is 0. The van der Waals surface area contributed by atoms with Crippen LogP contribution in [0.25, 0.3) is 10.9 Å². The summed E-state index contributed by atoms with van der Waals surface area (Å²) in [5, 5.41) is 12.3.